The standard InChI is InChI=1S/C16H23N5O/c1-12-9-14(20-19-12)16(22)21(11-15-17-7-8-18-15)10-13-5-3-2-4-6-13/h7-9,13H,2-6,10-11H2,1H3,(H,17,18)(H,19,20). The lowest BCUT2D eigenvalue weighted by atomic mass is 9.89. The molecule has 0 spiro atoms. The number of aromatic amines is 2. The maximum Gasteiger partial charge on any atom is 0.274 e. The fourth-order valence-electron chi connectivity index (χ4n) is 3.16. The Kier molecular flexibility index (Phi) is 4.56. The molecule has 0 atom stereocenters. The quantitative estimate of drug-likeness (QED) is 0.891. The highest BCUT2D eigenvalue weighted by atomic mass is 16.2. The first-order valence-corrected chi connectivity index (χ1v) is 8.02. The van der Waals surface area contributed by atoms with E-state index in [2.05, 4.69) is 20.2 Å². The number of nitrogens with zero attached hydrogens (tertiary/aromatic N) is 3. The number of aryl methyl sites for hydroxylation is 1. The van der Waals surface area contributed by atoms with E-state index < -0.39 is 0 Å². The van der Waals surface area contributed by atoms with Crippen molar-refractivity contribution in [1.29, 1.82) is 0 Å². The second kappa shape index (κ2) is 6.77. The van der Waals surface area contributed by atoms with Crippen molar-refractivity contribution in [3.8, 4) is 0 Å². The van der Waals surface area contributed by atoms with Gasteiger partial charge in [-0.3, -0.25) is 9.89 Å². The number of aromatic nitrogens is 4. The van der Waals surface area contributed by atoms with Crippen LogP contribution in [-0.2, 0) is 6.54 Å². The Morgan fingerprint density at radius 3 is 2.82 bits per heavy atom. The van der Waals surface area contributed by atoms with Crippen molar-refractivity contribution in [1.82, 2.24) is 25.1 Å². The van der Waals surface area contributed by atoms with Crippen molar-refractivity contribution in [3.63, 3.8) is 0 Å². The molecule has 6 heteroatoms. The molecule has 0 aromatic carbocycles. The maximum absolute atomic E-state index is 12.8. The Morgan fingerprint density at radius 2 is 2.18 bits per heavy atom. The highest BCUT2D eigenvalue weighted by Crippen LogP contribution is 2.25. The molecule has 2 aromatic rings. The van der Waals surface area contributed by atoms with E-state index in [9.17, 15) is 4.79 Å². The van der Waals surface area contributed by atoms with Crippen LogP contribution in [0.15, 0.2) is 18.5 Å². The molecule has 1 saturated carbocycles. The second-order valence-corrected chi connectivity index (χ2v) is 6.16. The average molecular weight is 301 g/mol. The molecule has 2 N–H and O–H groups in total. The minimum atomic E-state index is -0.0219. The number of H-pyrrole nitrogens is 2. The van der Waals surface area contributed by atoms with Crippen molar-refractivity contribution in [2.24, 2.45) is 5.92 Å². The molecule has 1 fully saturated rings. The van der Waals surface area contributed by atoms with Crippen molar-refractivity contribution in [2.45, 2.75) is 45.6 Å². The summed E-state index contributed by atoms with van der Waals surface area (Å²) in [5.74, 6) is 1.38. The van der Waals surface area contributed by atoms with Crippen LogP contribution in [0, 0.1) is 12.8 Å². The van der Waals surface area contributed by atoms with E-state index in [0.717, 1.165) is 18.1 Å². The fraction of sp³-hybridized carbons (Fsp3) is 0.562. The van der Waals surface area contributed by atoms with Crippen LogP contribution in [0.1, 0.15) is 54.1 Å². The van der Waals surface area contributed by atoms with Crippen LogP contribution in [0.5, 0.6) is 0 Å². The number of carbonyl (C=O) groups is 1. The molecule has 0 radical (unpaired) electrons. The van der Waals surface area contributed by atoms with Gasteiger partial charge in [-0.1, -0.05) is 19.3 Å². The predicted molar refractivity (Wildman–Crippen MR) is 83.2 cm³/mol. The summed E-state index contributed by atoms with van der Waals surface area (Å²) in [6, 6.07) is 1.80. The molecule has 0 bridgehead atoms. The van der Waals surface area contributed by atoms with Crippen LogP contribution < -0.4 is 0 Å². The summed E-state index contributed by atoms with van der Waals surface area (Å²) in [6.07, 6.45) is 9.79. The first-order chi connectivity index (χ1) is 10.7. The SMILES string of the molecule is Cc1cc(C(=O)N(Cc2ncc[nH]2)CC2CCCCC2)n[nH]1. The van der Waals surface area contributed by atoms with Gasteiger partial charge in [-0.05, 0) is 31.7 Å². The summed E-state index contributed by atoms with van der Waals surface area (Å²) >= 11 is 0. The van der Waals surface area contributed by atoms with Gasteiger partial charge < -0.3 is 9.88 Å². The van der Waals surface area contributed by atoms with E-state index in [1.807, 2.05) is 11.8 Å². The van der Waals surface area contributed by atoms with Gasteiger partial charge in [-0.25, -0.2) is 4.98 Å². The number of rotatable bonds is 5. The lowest BCUT2D eigenvalue weighted by Gasteiger charge is -2.29. The van der Waals surface area contributed by atoms with E-state index in [1.165, 1.54) is 32.1 Å². The summed E-state index contributed by atoms with van der Waals surface area (Å²) in [5, 5.41) is 6.96. The first kappa shape index (κ1) is 14.8. The third-order valence-electron chi connectivity index (χ3n) is 4.31. The van der Waals surface area contributed by atoms with E-state index in [4.69, 9.17) is 0 Å². The summed E-state index contributed by atoms with van der Waals surface area (Å²) in [7, 11) is 0. The normalized spacial score (nSPS) is 15.9. The van der Waals surface area contributed by atoms with Gasteiger partial charge in [0.15, 0.2) is 0 Å². The van der Waals surface area contributed by atoms with Crippen molar-refractivity contribution < 1.29 is 4.79 Å². The summed E-state index contributed by atoms with van der Waals surface area (Å²) in [6.45, 7) is 3.20. The molecule has 2 aromatic heterocycles. The number of hydrogen-bond donors (Lipinski definition) is 2. The Hall–Kier alpha value is -2.11. The first-order valence-electron chi connectivity index (χ1n) is 8.02. The Bertz CT molecular complexity index is 598. The number of imidazole rings is 1. The number of nitrogens with one attached hydrogen (secondary N) is 2. The van der Waals surface area contributed by atoms with Gasteiger partial charge in [0, 0.05) is 24.6 Å². The highest BCUT2D eigenvalue weighted by molar-refractivity contribution is 5.92. The van der Waals surface area contributed by atoms with Crippen molar-refractivity contribution in [3.05, 3.63) is 35.7 Å². The monoisotopic (exact) mass is 301 g/mol. The van der Waals surface area contributed by atoms with Crippen LogP contribution in [0.4, 0.5) is 0 Å². The highest BCUT2D eigenvalue weighted by Gasteiger charge is 2.24. The van der Waals surface area contributed by atoms with Gasteiger partial charge >= 0.3 is 0 Å². The summed E-state index contributed by atoms with van der Waals surface area (Å²) in [4.78, 5) is 22.0. The fourth-order valence-corrected chi connectivity index (χ4v) is 3.16. The summed E-state index contributed by atoms with van der Waals surface area (Å²) in [5.41, 5.74) is 1.39. The molecular weight excluding hydrogens is 278 g/mol. The zero-order chi connectivity index (χ0) is 15.4. The maximum atomic E-state index is 12.8. The Morgan fingerprint density at radius 1 is 1.36 bits per heavy atom. The third-order valence-corrected chi connectivity index (χ3v) is 4.31. The molecule has 6 nitrogen and oxygen atoms in total. The third kappa shape index (κ3) is 3.55. The largest absolute Gasteiger partial charge is 0.347 e. The Labute approximate surface area is 130 Å². The topological polar surface area (TPSA) is 77.7 Å². The van der Waals surface area contributed by atoms with Gasteiger partial charge in [-0.15, -0.1) is 0 Å². The van der Waals surface area contributed by atoms with Crippen LogP contribution in [-0.4, -0.2) is 37.5 Å². The summed E-state index contributed by atoms with van der Waals surface area (Å²) < 4.78 is 0. The molecule has 1 aliphatic rings. The number of amides is 1. The van der Waals surface area contributed by atoms with Crippen LogP contribution >= 0.6 is 0 Å². The lowest BCUT2D eigenvalue weighted by molar-refractivity contribution is 0.0688. The zero-order valence-corrected chi connectivity index (χ0v) is 13.0. The molecule has 118 valence electrons. The van der Waals surface area contributed by atoms with Crippen LogP contribution in [0.2, 0.25) is 0 Å². The molecule has 2 heterocycles. The second-order valence-electron chi connectivity index (χ2n) is 6.16. The van der Waals surface area contributed by atoms with Gasteiger partial charge in [0.2, 0.25) is 0 Å². The van der Waals surface area contributed by atoms with Crippen LogP contribution in [0.25, 0.3) is 0 Å². The average Bonchev–Trinajstić information content (AvgIpc) is 3.18. The van der Waals surface area contributed by atoms with E-state index in [-0.39, 0.29) is 5.91 Å². The minimum absolute atomic E-state index is 0.0219. The minimum Gasteiger partial charge on any atom is -0.347 e. The van der Waals surface area contributed by atoms with Gasteiger partial charge in [0.1, 0.15) is 11.5 Å². The molecule has 1 amide bonds. The molecular formula is C16H23N5O. The predicted octanol–water partition coefficient (Wildman–Crippen LogP) is 2.66. The van der Waals surface area contributed by atoms with E-state index >= 15 is 0 Å². The molecule has 0 saturated heterocycles. The van der Waals surface area contributed by atoms with Gasteiger partial charge in [0.05, 0.1) is 6.54 Å². The lowest BCUT2D eigenvalue weighted by Crippen LogP contribution is -2.36. The zero-order valence-electron chi connectivity index (χ0n) is 13.0. The van der Waals surface area contributed by atoms with Crippen LogP contribution in [0.3, 0.4) is 0 Å². The van der Waals surface area contributed by atoms with Crippen molar-refractivity contribution in [2.75, 3.05) is 6.54 Å². The van der Waals surface area contributed by atoms with Gasteiger partial charge in [-0.2, -0.15) is 5.10 Å². The molecule has 3 rings (SSSR count). The van der Waals surface area contributed by atoms with E-state index in [0.29, 0.717) is 18.2 Å². The van der Waals surface area contributed by atoms with Gasteiger partial charge in [0.25, 0.3) is 5.91 Å². The number of carbonyl (C=O) groups excluding carboxylic acids is 1. The molecule has 22 heavy (non-hydrogen) atoms. The molecule has 0 aliphatic heterocycles. The molecule has 1 aliphatic carbocycles. The smallest absolute Gasteiger partial charge is 0.274 e. The number of hydrogen-bond acceptors (Lipinski definition) is 3. The van der Waals surface area contributed by atoms with E-state index in [1.54, 1.807) is 18.5 Å². The van der Waals surface area contributed by atoms with Crippen molar-refractivity contribution >= 4 is 5.91 Å². The Balaban J connectivity index is 1.73. The molecule has 0 unspecified atom stereocenters.